The third-order valence-electron chi connectivity index (χ3n) is 4.98. The summed E-state index contributed by atoms with van der Waals surface area (Å²) in [6.45, 7) is 2.81. The van der Waals surface area contributed by atoms with E-state index in [1.807, 2.05) is 31.2 Å². The first-order valence-corrected chi connectivity index (χ1v) is 9.23. The third kappa shape index (κ3) is 4.77. The first-order valence-electron chi connectivity index (χ1n) is 9.23. The van der Waals surface area contributed by atoms with Crippen LogP contribution in [0.2, 0.25) is 0 Å². The number of ether oxygens (including phenoxy) is 1. The average Bonchev–Trinajstić information content (AvgIpc) is 3.19. The lowest BCUT2D eigenvalue weighted by Crippen LogP contribution is -2.47. The van der Waals surface area contributed by atoms with Gasteiger partial charge in [-0.15, -0.1) is 0 Å². The number of aryl methyl sites for hydroxylation is 1. The Kier molecular flexibility index (Phi) is 6.29. The summed E-state index contributed by atoms with van der Waals surface area (Å²) >= 11 is 0. The Hall–Kier alpha value is -2.60. The third-order valence-corrected chi connectivity index (χ3v) is 4.98. The number of furan rings is 1. The number of methoxy groups -OCH3 is 1. The molecule has 0 aliphatic carbocycles. The summed E-state index contributed by atoms with van der Waals surface area (Å²) in [4.78, 5) is 27.0. The first-order chi connectivity index (χ1) is 13.1. The van der Waals surface area contributed by atoms with Gasteiger partial charge in [0.2, 0.25) is 11.8 Å². The van der Waals surface area contributed by atoms with E-state index in [2.05, 4.69) is 11.4 Å². The van der Waals surface area contributed by atoms with Crippen molar-refractivity contribution in [3.63, 3.8) is 0 Å². The number of carbonyl (C=O) groups is 2. The molecular formula is C21H26N2O4. The van der Waals surface area contributed by atoms with E-state index in [0.717, 1.165) is 24.0 Å². The predicted octanol–water partition coefficient (Wildman–Crippen LogP) is 2.83. The van der Waals surface area contributed by atoms with E-state index in [9.17, 15) is 9.59 Å². The number of nitrogens with one attached hydrogen (secondary N) is 1. The van der Waals surface area contributed by atoms with Gasteiger partial charge in [0.1, 0.15) is 12.4 Å². The van der Waals surface area contributed by atoms with Gasteiger partial charge in [-0.3, -0.25) is 9.59 Å². The largest absolute Gasteiger partial charge is 0.467 e. The van der Waals surface area contributed by atoms with Crippen molar-refractivity contribution in [1.29, 1.82) is 0 Å². The summed E-state index contributed by atoms with van der Waals surface area (Å²) in [5.74, 6) is 0.336. The molecule has 2 aromatic rings. The zero-order chi connectivity index (χ0) is 19.2. The van der Waals surface area contributed by atoms with Gasteiger partial charge in [0.25, 0.3) is 0 Å². The molecule has 1 aliphatic rings. The van der Waals surface area contributed by atoms with Gasteiger partial charge in [-0.1, -0.05) is 29.8 Å². The number of hydrogen-bond donors (Lipinski definition) is 1. The van der Waals surface area contributed by atoms with Crippen LogP contribution in [0.15, 0.2) is 47.1 Å². The zero-order valence-corrected chi connectivity index (χ0v) is 15.8. The van der Waals surface area contributed by atoms with Crippen LogP contribution >= 0.6 is 0 Å². The van der Waals surface area contributed by atoms with Crippen LogP contribution in [0.4, 0.5) is 0 Å². The smallest absolute Gasteiger partial charge is 0.249 e. The number of rotatable bonds is 6. The van der Waals surface area contributed by atoms with Gasteiger partial charge < -0.3 is 19.4 Å². The number of likely N-dealkylation sites (tertiary alicyclic amines) is 1. The Balaban J connectivity index is 1.70. The highest BCUT2D eigenvalue weighted by Gasteiger charge is 2.35. The molecule has 6 nitrogen and oxygen atoms in total. The minimum Gasteiger partial charge on any atom is -0.467 e. The lowest BCUT2D eigenvalue weighted by Gasteiger charge is -2.39. The van der Waals surface area contributed by atoms with Gasteiger partial charge in [-0.2, -0.15) is 0 Å². The zero-order valence-electron chi connectivity index (χ0n) is 15.8. The monoisotopic (exact) mass is 370 g/mol. The fourth-order valence-corrected chi connectivity index (χ4v) is 3.62. The lowest BCUT2D eigenvalue weighted by atomic mass is 9.88. The van der Waals surface area contributed by atoms with Gasteiger partial charge in [-0.25, -0.2) is 0 Å². The Bertz CT molecular complexity index is 772. The summed E-state index contributed by atoms with van der Waals surface area (Å²) in [6.07, 6.45) is 3.07. The van der Waals surface area contributed by atoms with Crippen molar-refractivity contribution in [1.82, 2.24) is 10.2 Å². The summed E-state index contributed by atoms with van der Waals surface area (Å²) < 4.78 is 10.3. The number of carbonyl (C=O) groups excluding carboxylic acids is 2. The highest BCUT2D eigenvalue weighted by molar-refractivity contribution is 5.82. The molecule has 144 valence electrons. The lowest BCUT2D eigenvalue weighted by molar-refractivity contribution is -0.142. The second kappa shape index (κ2) is 8.86. The molecule has 0 bridgehead atoms. The van der Waals surface area contributed by atoms with Crippen LogP contribution < -0.4 is 5.32 Å². The topological polar surface area (TPSA) is 71.8 Å². The quantitative estimate of drug-likeness (QED) is 0.849. The molecule has 6 heteroatoms. The van der Waals surface area contributed by atoms with E-state index < -0.39 is 0 Å². The van der Waals surface area contributed by atoms with Crippen LogP contribution in [0.3, 0.4) is 0 Å². The minimum atomic E-state index is -0.234. The van der Waals surface area contributed by atoms with Gasteiger partial charge in [0.15, 0.2) is 0 Å². The minimum absolute atomic E-state index is 0.0169. The van der Waals surface area contributed by atoms with Crippen molar-refractivity contribution in [3.8, 4) is 0 Å². The van der Waals surface area contributed by atoms with Crippen LogP contribution in [-0.4, -0.2) is 37.0 Å². The highest BCUT2D eigenvalue weighted by atomic mass is 16.5. The molecule has 1 saturated heterocycles. The maximum atomic E-state index is 12.6. The van der Waals surface area contributed by atoms with Crippen molar-refractivity contribution < 1.29 is 18.7 Å². The van der Waals surface area contributed by atoms with E-state index >= 15 is 0 Å². The molecule has 0 radical (unpaired) electrons. The fourth-order valence-electron chi connectivity index (χ4n) is 3.62. The van der Waals surface area contributed by atoms with Crippen LogP contribution in [0, 0.1) is 12.8 Å². The Labute approximate surface area is 159 Å². The Morgan fingerprint density at radius 2 is 2.11 bits per heavy atom. The molecule has 1 aromatic heterocycles. The summed E-state index contributed by atoms with van der Waals surface area (Å²) in [6, 6.07) is 11.8. The first kappa shape index (κ1) is 19.2. The molecule has 0 spiro atoms. The Morgan fingerprint density at radius 3 is 2.81 bits per heavy atom. The molecule has 1 aromatic carbocycles. The molecule has 1 aliphatic heterocycles. The van der Waals surface area contributed by atoms with Gasteiger partial charge in [0, 0.05) is 13.7 Å². The molecule has 1 N–H and O–H groups in total. The number of piperidine rings is 1. The van der Waals surface area contributed by atoms with E-state index in [1.54, 1.807) is 17.2 Å². The predicted molar refractivity (Wildman–Crippen MR) is 101 cm³/mol. The van der Waals surface area contributed by atoms with E-state index in [1.165, 1.54) is 7.11 Å². The Morgan fingerprint density at radius 1 is 1.26 bits per heavy atom. The van der Waals surface area contributed by atoms with Crippen molar-refractivity contribution in [2.75, 3.05) is 20.3 Å². The van der Waals surface area contributed by atoms with E-state index in [-0.39, 0.29) is 30.4 Å². The second-order valence-electron chi connectivity index (χ2n) is 6.98. The normalized spacial score (nSPS) is 19.7. The number of benzene rings is 1. The van der Waals surface area contributed by atoms with Crippen LogP contribution in [-0.2, 0) is 20.9 Å². The van der Waals surface area contributed by atoms with Crippen LogP contribution in [0.1, 0.15) is 35.8 Å². The van der Waals surface area contributed by atoms with E-state index in [0.29, 0.717) is 18.8 Å². The molecular weight excluding hydrogens is 344 g/mol. The molecule has 0 saturated carbocycles. The maximum Gasteiger partial charge on any atom is 0.249 e. The number of amides is 2. The van der Waals surface area contributed by atoms with Crippen molar-refractivity contribution in [2.45, 2.75) is 32.4 Å². The van der Waals surface area contributed by atoms with Gasteiger partial charge in [0.05, 0.1) is 24.8 Å². The highest BCUT2D eigenvalue weighted by Crippen LogP contribution is 2.34. The van der Waals surface area contributed by atoms with Crippen molar-refractivity contribution >= 4 is 11.8 Å². The number of nitrogens with zero attached hydrogens (tertiary/aromatic N) is 1. The SMILES string of the molecule is COCC(=O)N1CC(C(=O)NCc2ccco2)CCC1c1cccc(C)c1. The standard InChI is InChI=1S/C21H26N2O4/c1-15-5-3-6-16(11-15)19-9-8-17(13-23(19)20(24)14-26-2)21(25)22-12-18-7-4-10-27-18/h3-7,10-11,17,19H,8-9,12-14H2,1-2H3,(H,22,25). The molecule has 2 unspecified atom stereocenters. The molecule has 3 rings (SSSR count). The van der Waals surface area contributed by atoms with Gasteiger partial charge >= 0.3 is 0 Å². The van der Waals surface area contributed by atoms with Crippen LogP contribution in [0.25, 0.3) is 0 Å². The molecule has 27 heavy (non-hydrogen) atoms. The van der Waals surface area contributed by atoms with Crippen LogP contribution in [0.5, 0.6) is 0 Å². The molecule has 2 amide bonds. The molecule has 2 atom stereocenters. The van der Waals surface area contributed by atoms with E-state index in [4.69, 9.17) is 9.15 Å². The van der Waals surface area contributed by atoms with Gasteiger partial charge in [-0.05, 0) is 37.5 Å². The second-order valence-corrected chi connectivity index (χ2v) is 6.98. The van der Waals surface area contributed by atoms with Crippen molar-refractivity contribution in [3.05, 3.63) is 59.5 Å². The summed E-state index contributed by atoms with van der Waals surface area (Å²) in [5, 5.41) is 2.91. The summed E-state index contributed by atoms with van der Waals surface area (Å²) in [5.41, 5.74) is 2.26. The molecule has 2 heterocycles. The number of hydrogen-bond acceptors (Lipinski definition) is 4. The maximum absolute atomic E-state index is 12.6. The van der Waals surface area contributed by atoms with Crippen molar-refractivity contribution in [2.24, 2.45) is 5.92 Å². The summed E-state index contributed by atoms with van der Waals surface area (Å²) in [7, 11) is 1.51. The fraction of sp³-hybridized carbons (Fsp3) is 0.429. The molecule has 1 fully saturated rings. The average molecular weight is 370 g/mol.